The third-order valence-electron chi connectivity index (χ3n) is 2.73. The minimum absolute atomic E-state index is 0.250. The number of carbonyl (C=O) groups is 1. The summed E-state index contributed by atoms with van der Waals surface area (Å²) in [6, 6.07) is -0.463. The van der Waals surface area contributed by atoms with Gasteiger partial charge in [0.15, 0.2) is 0 Å². The maximum Gasteiger partial charge on any atom is 0.320 e. The van der Waals surface area contributed by atoms with Gasteiger partial charge < -0.3 is 16.6 Å². The van der Waals surface area contributed by atoms with Gasteiger partial charge in [-0.1, -0.05) is 12.8 Å². The molecule has 0 aromatic heterocycles. The summed E-state index contributed by atoms with van der Waals surface area (Å²) in [7, 11) is 0. The van der Waals surface area contributed by atoms with E-state index in [4.69, 9.17) is 16.6 Å². The number of hydrogen-bond acceptors (Lipinski definition) is 3. The highest BCUT2D eigenvalue weighted by Crippen LogP contribution is 2.26. The van der Waals surface area contributed by atoms with E-state index in [2.05, 4.69) is 0 Å². The van der Waals surface area contributed by atoms with Crippen LogP contribution in [0.1, 0.15) is 32.1 Å². The maximum atomic E-state index is 10.5. The Morgan fingerprint density at radius 3 is 2.77 bits per heavy atom. The quantitative estimate of drug-likeness (QED) is 0.591. The second-order valence-electron chi connectivity index (χ2n) is 3.97. The van der Waals surface area contributed by atoms with Crippen molar-refractivity contribution in [3.05, 3.63) is 0 Å². The van der Waals surface area contributed by atoms with Crippen LogP contribution in [0.15, 0.2) is 0 Å². The lowest BCUT2D eigenvalue weighted by Crippen LogP contribution is -2.36. The molecule has 0 amide bonds. The molecule has 1 aliphatic rings. The lowest BCUT2D eigenvalue weighted by atomic mass is 9.82. The first-order chi connectivity index (χ1) is 6.09. The standard InChI is InChI=1S/C9H18N2O2/c10-7-3-1-2-6(4-7)5-8(11)9(12)13/h6-8H,1-5,10-11H2,(H,12,13). The zero-order valence-electron chi connectivity index (χ0n) is 7.78. The molecule has 5 N–H and O–H groups in total. The molecule has 1 rings (SSSR count). The number of rotatable bonds is 3. The van der Waals surface area contributed by atoms with E-state index in [1.807, 2.05) is 0 Å². The number of hydrogen-bond donors (Lipinski definition) is 3. The van der Waals surface area contributed by atoms with Gasteiger partial charge in [0.1, 0.15) is 6.04 Å². The summed E-state index contributed by atoms with van der Waals surface area (Å²) in [5.41, 5.74) is 11.2. The van der Waals surface area contributed by atoms with Gasteiger partial charge in [0.25, 0.3) is 0 Å². The van der Waals surface area contributed by atoms with Crippen molar-refractivity contribution in [3.8, 4) is 0 Å². The van der Waals surface area contributed by atoms with Gasteiger partial charge in [-0.2, -0.15) is 0 Å². The van der Waals surface area contributed by atoms with E-state index in [0.717, 1.165) is 25.7 Å². The molecule has 0 radical (unpaired) electrons. The van der Waals surface area contributed by atoms with Gasteiger partial charge in [-0.25, -0.2) is 0 Å². The van der Waals surface area contributed by atoms with Crippen molar-refractivity contribution >= 4 is 5.97 Å². The molecule has 4 heteroatoms. The highest BCUT2D eigenvalue weighted by Gasteiger charge is 2.23. The van der Waals surface area contributed by atoms with Crippen LogP contribution in [0, 0.1) is 5.92 Å². The molecule has 4 nitrogen and oxygen atoms in total. The van der Waals surface area contributed by atoms with Crippen LogP contribution < -0.4 is 11.5 Å². The van der Waals surface area contributed by atoms with Crippen molar-refractivity contribution in [1.29, 1.82) is 0 Å². The fourth-order valence-electron chi connectivity index (χ4n) is 2.01. The predicted molar refractivity (Wildman–Crippen MR) is 50.2 cm³/mol. The Labute approximate surface area is 78.3 Å². The normalized spacial score (nSPS) is 31.2. The van der Waals surface area contributed by atoms with Crippen LogP contribution in [-0.4, -0.2) is 23.2 Å². The lowest BCUT2D eigenvalue weighted by molar-refractivity contribution is -0.139. The van der Waals surface area contributed by atoms with E-state index in [1.54, 1.807) is 0 Å². The Balaban J connectivity index is 2.31. The van der Waals surface area contributed by atoms with Crippen molar-refractivity contribution < 1.29 is 9.90 Å². The monoisotopic (exact) mass is 186 g/mol. The molecule has 3 atom stereocenters. The SMILES string of the molecule is NC1CCCC(CC(N)C(=O)O)C1. The largest absolute Gasteiger partial charge is 0.480 e. The summed E-state index contributed by atoms with van der Waals surface area (Å²) >= 11 is 0. The third-order valence-corrected chi connectivity index (χ3v) is 2.73. The first-order valence-corrected chi connectivity index (χ1v) is 4.83. The van der Waals surface area contributed by atoms with Gasteiger partial charge in [-0.3, -0.25) is 4.79 Å². The molecule has 1 fully saturated rings. The molecular formula is C9H18N2O2. The van der Waals surface area contributed by atoms with Crippen molar-refractivity contribution in [1.82, 2.24) is 0 Å². The molecule has 0 aromatic carbocycles. The van der Waals surface area contributed by atoms with Crippen LogP contribution in [0.5, 0.6) is 0 Å². The fourth-order valence-corrected chi connectivity index (χ4v) is 2.01. The van der Waals surface area contributed by atoms with Crippen molar-refractivity contribution in [2.45, 2.75) is 44.2 Å². The minimum atomic E-state index is -0.904. The van der Waals surface area contributed by atoms with Crippen molar-refractivity contribution in [2.24, 2.45) is 17.4 Å². The van der Waals surface area contributed by atoms with Crippen LogP contribution in [-0.2, 0) is 4.79 Å². The van der Waals surface area contributed by atoms with Gasteiger partial charge >= 0.3 is 5.97 Å². The van der Waals surface area contributed by atoms with E-state index < -0.39 is 12.0 Å². The Bertz CT molecular complexity index is 184. The molecule has 1 saturated carbocycles. The van der Waals surface area contributed by atoms with Crippen LogP contribution in [0.25, 0.3) is 0 Å². The number of carboxylic acids is 1. The third kappa shape index (κ3) is 3.32. The topological polar surface area (TPSA) is 89.3 Å². The van der Waals surface area contributed by atoms with Crippen molar-refractivity contribution in [3.63, 3.8) is 0 Å². The van der Waals surface area contributed by atoms with Gasteiger partial charge in [0.2, 0.25) is 0 Å². The minimum Gasteiger partial charge on any atom is -0.480 e. The second kappa shape index (κ2) is 4.58. The predicted octanol–water partition coefficient (Wildman–Crippen LogP) is 0.306. The fraction of sp³-hybridized carbons (Fsp3) is 0.889. The first-order valence-electron chi connectivity index (χ1n) is 4.83. The van der Waals surface area contributed by atoms with E-state index in [-0.39, 0.29) is 6.04 Å². The Morgan fingerprint density at radius 1 is 1.54 bits per heavy atom. The molecule has 13 heavy (non-hydrogen) atoms. The summed E-state index contributed by atoms with van der Waals surface area (Å²) in [6.07, 6.45) is 4.76. The van der Waals surface area contributed by atoms with E-state index >= 15 is 0 Å². The summed E-state index contributed by atoms with van der Waals surface area (Å²) in [6.45, 7) is 0. The first kappa shape index (κ1) is 10.5. The molecule has 3 unspecified atom stereocenters. The molecule has 0 bridgehead atoms. The molecule has 0 spiro atoms. The molecule has 0 aliphatic heterocycles. The summed E-state index contributed by atoms with van der Waals surface area (Å²) in [5.74, 6) is -0.492. The number of aliphatic carboxylic acids is 1. The van der Waals surface area contributed by atoms with Crippen LogP contribution >= 0.6 is 0 Å². The average molecular weight is 186 g/mol. The van der Waals surface area contributed by atoms with Gasteiger partial charge in [-0.15, -0.1) is 0 Å². The van der Waals surface area contributed by atoms with E-state index in [9.17, 15) is 4.79 Å². The van der Waals surface area contributed by atoms with Crippen LogP contribution in [0.3, 0.4) is 0 Å². The van der Waals surface area contributed by atoms with Crippen LogP contribution in [0.4, 0.5) is 0 Å². The molecular weight excluding hydrogens is 168 g/mol. The Morgan fingerprint density at radius 2 is 2.23 bits per heavy atom. The number of carboxylic acid groups (broad SMARTS) is 1. The summed E-state index contributed by atoms with van der Waals surface area (Å²) in [5, 5.41) is 8.62. The molecule has 76 valence electrons. The Hall–Kier alpha value is -0.610. The lowest BCUT2D eigenvalue weighted by Gasteiger charge is -2.27. The molecule has 1 aliphatic carbocycles. The Kier molecular flexibility index (Phi) is 3.69. The molecule has 0 saturated heterocycles. The maximum absolute atomic E-state index is 10.5. The smallest absolute Gasteiger partial charge is 0.320 e. The molecule has 0 heterocycles. The van der Waals surface area contributed by atoms with Crippen molar-refractivity contribution in [2.75, 3.05) is 0 Å². The zero-order chi connectivity index (χ0) is 9.84. The molecule has 0 aromatic rings. The average Bonchev–Trinajstić information content (AvgIpc) is 2.04. The van der Waals surface area contributed by atoms with Gasteiger partial charge in [-0.05, 0) is 25.2 Å². The number of nitrogens with two attached hydrogens (primary N) is 2. The highest BCUT2D eigenvalue weighted by atomic mass is 16.4. The van der Waals surface area contributed by atoms with E-state index in [0.29, 0.717) is 12.3 Å². The second-order valence-corrected chi connectivity index (χ2v) is 3.97. The summed E-state index contributed by atoms with van der Waals surface area (Å²) in [4.78, 5) is 10.5. The van der Waals surface area contributed by atoms with Gasteiger partial charge in [0, 0.05) is 6.04 Å². The summed E-state index contributed by atoms with van der Waals surface area (Å²) < 4.78 is 0. The zero-order valence-corrected chi connectivity index (χ0v) is 7.78. The highest BCUT2D eigenvalue weighted by molar-refractivity contribution is 5.73. The van der Waals surface area contributed by atoms with Crippen LogP contribution in [0.2, 0.25) is 0 Å². The van der Waals surface area contributed by atoms with E-state index in [1.165, 1.54) is 0 Å². The van der Waals surface area contributed by atoms with Gasteiger partial charge in [0.05, 0.1) is 0 Å².